The van der Waals surface area contributed by atoms with Crippen LogP contribution in [0.2, 0.25) is 0 Å². The summed E-state index contributed by atoms with van der Waals surface area (Å²) in [5.41, 5.74) is -0.576. The van der Waals surface area contributed by atoms with Crippen molar-refractivity contribution in [3.63, 3.8) is 0 Å². The van der Waals surface area contributed by atoms with Gasteiger partial charge in [-0.05, 0) is 40.0 Å². The monoisotopic (exact) mass is 338 g/mol. The Morgan fingerprint density at radius 2 is 2.00 bits per heavy atom. The number of rotatable bonds is 9. The van der Waals surface area contributed by atoms with Crippen LogP contribution in [0.25, 0.3) is 0 Å². The second kappa shape index (κ2) is 8.16. The van der Waals surface area contributed by atoms with Gasteiger partial charge in [0.15, 0.2) is 0 Å². The number of carbonyl (C=O) groups is 1. The van der Waals surface area contributed by atoms with Crippen molar-refractivity contribution in [1.29, 1.82) is 0 Å². The fourth-order valence-corrected chi connectivity index (χ4v) is 1.95. The molecule has 7 heteroatoms. The van der Waals surface area contributed by atoms with Gasteiger partial charge < -0.3 is 14.4 Å². The van der Waals surface area contributed by atoms with Crippen LogP contribution in [0.15, 0.2) is 12.4 Å². The molecule has 1 aromatic rings. The van der Waals surface area contributed by atoms with E-state index in [0.29, 0.717) is 18.6 Å². The maximum Gasteiger partial charge on any atom is 0.494 e. The van der Waals surface area contributed by atoms with Gasteiger partial charge >= 0.3 is 13.1 Å². The van der Waals surface area contributed by atoms with E-state index in [0.717, 1.165) is 6.42 Å². The van der Waals surface area contributed by atoms with Crippen LogP contribution in [0.5, 0.6) is 0 Å². The molecule has 0 aliphatic carbocycles. The molecule has 0 aliphatic heterocycles. The number of aromatic nitrogens is 2. The van der Waals surface area contributed by atoms with Gasteiger partial charge in [0.05, 0.1) is 24.2 Å². The molecule has 0 radical (unpaired) electrons. The molecule has 0 amide bonds. The Kier molecular flexibility index (Phi) is 7.04. The Labute approximate surface area is 145 Å². The molecule has 0 bridgehead atoms. The molecule has 0 unspecified atom stereocenters. The van der Waals surface area contributed by atoms with Crippen molar-refractivity contribution in [2.24, 2.45) is 11.3 Å². The summed E-state index contributed by atoms with van der Waals surface area (Å²) in [7, 11) is -1.05. The van der Waals surface area contributed by atoms with Crippen LogP contribution in [0.3, 0.4) is 0 Å². The molecule has 1 heterocycles. The third-order valence-corrected chi connectivity index (χ3v) is 4.29. The number of hydrogen-bond donors (Lipinski definition) is 1. The van der Waals surface area contributed by atoms with E-state index in [-0.39, 0.29) is 11.9 Å². The largest absolute Gasteiger partial charge is 0.494 e. The van der Waals surface area contributed by atoms with Gasteiger partial charge in [-0.2, -0.15) is 5.10 Å². The van der Waals surface area contributed by atoms with Crippen molar-refractivity contribution < 1.29 is 19.2 Å². The van der Waals surface area contributed by atoms with Crippen molar-refractivity contribution in [2.45, 2.75) is 67.0 Å². The fourth-order valence-electron chi connectivity index (χ4n) is 1.95. The average molecular weight is 338 g/mol. The number of ether oxygens (including phenoxy) is 1. The summed E-state index contributed by atoms with van der Waals surface area (Å²) in [6.07, 6.45) is 4.06. The molecule has 0 spiro atoms. The minimum atomic E-state index is -1.05. The maximum absolute atomic E-state index is 12.1. The quantitative estimate of drug-likeness (QED) is 0.551. The van der Waals surface area contributed by atoms with Crippen molar-refractivity contribution in [3.05, 3.63) is 12.4 Å². The van der Waals surface area contributed by atoms with E-state index in [1.807, 2.05) is 48.5 Å². The van der Waals surface area contributed by atoms with Crippen LogP contribution in [-0.4, -0.2) is 40.1 Å². The van der Waals surface area contributed by atoms with E-state index >= 15 is 0 Å². The average Bonchev–Trinajstić information content (AvgIpc) is 2.91. The normalized spacial score (nSPS) is 12.5. The molecule has 1 N–H and O–H groups in total. The van der Waals surface area contributed by atoms with Crippen LogP contribution >= 0.6 is 0 Å². The fraction of sp³-hybridized carbons (Fsp3) is 0.765. The summed E-state index contributed by atoms with van der Waals surface area (Å²) >= 11 is 0. The van der Waals surface area contributed by atoms with Crippen LogP contribution < -0.4 is 5.46 Å². The number of nitrogens with zero attached hydrogens (tertiary/aromatic N) is 2. The van der Waals surface area contributed by atoms with Gasteiger partial charge in [0.25, 0.3) is 0 Å². The van der Waals surface area contributed by atoms with Gasteiger partial charge in [-0.15, -0.1) is 0 Å². The van der Waals surface area contributed by atoms with Gasteiger partial charge in [0, 0.05) is 17.9 Å². The highest BCUT2D eigenvalue weighted by Crippen LogP contribution is 2.21. The van der Waals surface area contributed by atoms with Crippen molar-refractivity contribution in [2.75, 3.05) is 6.61 Å². The summed E-state index contributed by atoms with van der Waals surface area (Å²) in [5.74, 6) is 0.00797. The summed E-state index contributed by atoms with van der Waals surface area (Å²) in [6, 6.07) is 0. The van der Waals surface area contributed by atoms with Crippen LogP contribution in [0.1, 0.15) is 54.9 Å². The topological polar surface area (TPSA) is 73.6 Å². The number of carbonyl (C=O) groups excluding carboxylic acids is 1. The minimum absolute atomic E-state index is 0.251. The SMILES string of the molecule is CCCOC(=O)C(C)(C)Cn1cc(B(O)OC(C)(C)C(C)C)cn1. The highest BCUT2D eigenvalue weighted by atomic mass is 16.5. The predicted molar refractivity (Wildman–Crippen MR) is 94.9 cm³/mol. The molecule has 0 aromatic carbocycles. The number of esters is 1. The van der Waals surface area contributed by atoms with E-state index in [9.17, 15) is 9.82 Å². The Morgan fingerprint density at radius 3 is 2.54 bits per heavy atom. The van der Waals surface area contributed by atoms with E-state index in [2.05, 4.69) is 5.10 Å². The lowest BCUT2D eigenvalue weighted by atomic mass is 9.79. The Hall–Kier alpha value is -1.34. The third-order valence-electron chi connectivity index (χ3n) is 4.29. The smallest absolute Gasteiger partial charge is 0.465 e. The van der Waals surface area contributed by atoms with Gasteiger partial charge in [-0.3, -0.25) is 9.48 Å². The van der Waals surface area contributed by atoms with E-state index in [1.165, 1.54) is 0 Å². The van der Waals surface area contributed by atoms with E-state index in [4.69, 9.17) is 9.39 Å². The first kappa shape index (κ1) is 20.7. The number of hydrogen-bond acceptors (Lipinski definition) is 5. The molecular formula is C17H31BN2O4. The molecule has 136 valence electrons. The molecule has 24 heavy (non-hydrogen) atoms. The van der Waals surface area contributed by atoms with E-state index < -0.39 is 18.1 Å². The van der Waals surface area contributed by atoms with Gasteiger partial charge in [0.2, 0.25) is 0 Å². The lowest BCUT2D eigenvalue weighted by molar-refractivity contribution is -0.154. The maximum atomic E-state index is 12.1. The molecular weight excluding hydrogens is 307 g/mol. The Balaban J connectivity index is 2.73. The molecule has 0 atom stereocenters. The van der Waals surface area contributed by atoms with Crippen molar-refractivity contribution in [3.8, 4) is 0 Å². The van der Waals surface area contributed by atoms with Crippen molar-refractivity contribution >= 4 is 18.6 Å². The second-order valence-corrected chi connectivity index (χ2v) is 7.72. The minimum Gasteiger partial charge on any atom is -0.465 e. The Morgan fingerprint density at radius 1 is 1.38 bits per heavy atom. The zero-order valence-corrected chi connectivity index (χ0v) is 16.0. The van der Waals surface area contributed by atoms with Gasteiger partial charge in [-0.25, -0.2) is 0 Å². The zero-order chi connectivity index (χ0) is 18.5. The van der Waals surface area contributed by atoms with Crippen LogP contribution in [0.4, 0.5) is 0 Å². The molecule has 6 nitrogen and oxygen atoms in total. The highest BCUT2D eigenvalue weighted by Gasteiger charge is 2.33. The zero-order valence-electron chi connectivity index (χ0n) is 16.0. The lowest BCUT2D eigenvalue weighted by Crippen LogP contribution is -2.44. The van der Waals surface area contributed by atoms with Crippen molar-refractivity contribution in [1.82, 2.24) is 9.78 Å². The first-order valence-corrected chi connectivity index (χ1v) is 8.55. The molecule has 1 aromatic heterocycles. The standard InChI is InChI=1S/C17H31BN2O4/c1-8-9-23-15(21)16(4,5)12-20-11-14(10-19-20)18(22)24-17(6,7)13(2)3/h10-11,13,22H,8-9,12H2,1-7H3. The molecule has 0 aliphatic rings. The summed E-state index contributed by atoms with van der Waals surface area (Å²) in [6.45, 7) is 14.4. The van der Waals surface area contributed by atoms with Crippen LogP contribution in [0, 0.1) is 11.3 Å². The molecule has 1 rings (SSSR count). The highest BCUT2D eigenvalue weighted by molar-refractivity contribution is 6.59. The van der Waals surface area contributed by atoms with Gasteiger partial charge in [0.1, 0.15) is 0 Å². The molecule has 0 saturated heterocycles. The summed E-state index contributed by atoms with van der Waals surface area (Å²) in [5, 5.41) is 14.5. The first-order chi connectivity index (χ1) is 11.0. The molecule has 0 saturated carbocycles. The van der Waals surface area contributed by atoms with Gasteiger partial charge in [-0.1, -0.05) is 20.8 Å². The molecule has 0 fully saturated rings. The Bertz CT molecular complexity index is 540. The summed E-state index contributed by atoms with van der Waals surface area (Å²) < 4.78 is 12.6. The van der Waals surface area contributed by atoms with Crippen LogP contribution in [-0.2, 0) is 20.7 Å². The summed E-state index contributed by atoms with van der Waals surface area (Å²) in [4.78, 5) is 12.1. The third kappa shape index (κ3) is 5.63. The lowest BCUT2D eigenvalue weighted by Gasteiger charge is -2.31. The second-order valence-electron chi connectivity index (χ2n) is 7.72. The first-order valence-electron chi connectivity index (χ1n) is 8.55. The predicted octanol–water partition coefficient (Wildman–Crippen LogP) is 2.00. The van der Waals surface area contributed by atoms with E-state index in [1.54, 1.807) is 17.1 Å².